The number of sulfonamides is 1. The van der Waals surface area contributed by atoms with Crippen LogP contribution in [0.5, 0.6) is 0 Å². The number of pyridine rings is 1. The molecule has 1 amide bonds. The fraction of sp³-hybridized carbons (Fsp3) is 0.267. The maximum Gasteiger partial charge on any atom is 0.355 e. The van der Waals surface area contributed by atoms with Crippen LogP contribution in [0.15, 0.2) is 35.5 Å². The molecular formula is C15H17ClN4O5S. The highest BCUT2D eigenvalue weighted by Crippen LogP contribution is 2.18. The summed E-state index contributed by atoms with van der Waals surface area (Å²) in [6.45, 7) is 1.38. The highest BCUT2D eigenvalue weighted by molar-refractivity contribution is 7.89. The third kappa shape index (κ3) is 4.40. The Kier molecular flexibility index (Phi) is 6.01. The predicted molar refractivity (Wildman–Crippen MR) is 94.4 cm³/mol. The number of amides is 1. The zero-order chi connectivity index (χ0) is 19.5. The molecule has 0 aliphatic heterocycles. The van der Waals surface area contributed by atoms with Crippen molar-refractivity contribution >= 4 is 39.2 Å². The summed E-state index contributed by atoms with van der Waals surface area (Å²) in [5.41, 5.74) is 0.265. The van der Waals surface area contributed by atoms with Gasteiger partial charge >= 0.3 is 5.97 Å². The summed E-state index contributed by atoms with van der Waals surface area (Å²) in [7, 11) is -0.951. The van der Waals surface area contributed by atoms with Gasteiger partial charge in [-0.25, -0.2) is 22.9 Å². The van der Waals surface area contributed by atoms with Gasteiger partial charge in [0.1, 0.15) is 10.6 Å². The molecule has 0 fully saturated rings. The lowest BCUT2D eigenvalue weighted by atomic mass is 10.3. The van der Waals surface area contributed by atoms with Crippen LogP contribution in [0.4, 0.5) is 5.69 Å². The average Bonchev–Trinajstić information content (AvgIpc) is 2.99. The second-order valence-corrected chi connectivity index (χ2v) is 7.50. The zero-order valence-corrected chi connectivity index (χ0v) is 15.8. The molecule has 0 saturated heterocycles. The van der Waals surface area contributed by atoms with Gasteiger partial charge in [-0.05, 0) is 32.2 Å². The molecule has 26 heavy (non-hydrogen) atoms. The summed E-state index contributed by atoms with van der Waals surface area (Å²) >= 11 is 5.85. The fourth-order valence-corrected chi connectivity index (χ4v) is 2.96. The maximum atomic E-state index is 12.3. The zero-order valence-electron chi connectivity index (χ0n) is 14.2. The molecule has 2 N–H and O–H groups in total. The summed E-state index contributed by atoms with van der Waals surface area (Å²) in [5, 5.41) is 2.60. The molecular weight excluding hydrogens is 384 g/mol. The summed E-state index contributed by atoms with van der Waals surface area (Å²) < 4.78 is 32.1. The molecule has 2 heterocycles. The van der Waals surface area contributed by atoms with Crippen LogP contribution in [0.25, 0.3) is 0 Å². The van der Waals surface area contributed by atoms with Gasteiger partial charge in [-0.1, -0.05) is 11.6 Å². The molecule has 1 atom stereocenters. The van der Waals surface area contributed by atoms with E-state index in [9.17, 15) is 18.0 Å². The lowest BCUT2D eigenvalue weighted by Gasteiger charge is -2.14. The van der Waals surface area contributed by atoms with E-state index in [1.807, 2.05) is 0 Å². The van der Waals surface area contributed by atoms with Crippen molar-refractivity contribution in [3.63, 3.8) is 0 Å². The van der Waals surface area contributed by atoms with Crippen molar-refractivity contribution in [3.05, 3.63) is 41.4 Å². The van der Waals surface area contributed by atoms with Crippen LogP contribution < -0.4 is 10.0 Å². The van der Waals surface area contributed by atoms with Crippen LogP contribution in [-0.2, 0) is 26.6 Å². The molecule has 1 unspecified atom stereocenters. The van der Waals surface area contributed by atoms with Gasteiger partial charge in [-0.15, -0.1) is 0 Å². The topological polar surface area (TPSA) is 119 Å². The Hall–Kier alpha value is -2.43. The Bertz CT molecular complexity index is 941. The number of anilines is 1. The first kappa shape index (κ1) is 19.9. The van der Waals surface area contributed by atoms with E-state index in [0.29, 0.717) is 0 Å². The Balaban J connectivity index is 2.10. The Labute approximate surface area is 155 Å². The van der Waals surface area contributed by atoms with Crippen molar-refractivity contribution in [2.45, 2.75) is 17.9 Å². The van der Waals surface area contributed by atoms with Crippen molar-refractivity contribution in [1.82, 2.24) is 14.3 Å². The molecule has 0 radical (unpaired) electrons. The van der Waals surface area contributed by atoms with Gasteiger partial charge in [0.05, 0.1) is 5.69 Å². The number of hydrogen-bond donors (Lipinski definition) is 2. The molecule has 0 aliphatic carbocycles. The van der Waals surface area contributed by atoms with Crippen LogP contribution in [0.2, 0.25) is 5.15 Å². The number of carbonyl (C=O) groups excluding carboxylic acids is 2. The van der Waals surface area contributed by atoms with Gasteiger partial charge < -0.3 is 14.6 Å². The number of halogens is 1. The molecule has 0 aromatic carbocycles. The molecule has 2 aromatic rings. The minimum absolute atomic E-state index is 0.0158. The molecule has 2 rings (SSSR count). The number of hydrogen-bond acceptors (Lipinski definition) is 6. The smallest absolute Gasteiger partial charge is 0.355 e. The molecule has 9 nitrogen and oxygen atoms in total. The second kappa shape index (κ2) is 7.85. The fourth-order valence-electron chi connectivity index (χ4n) is 1.99. The summed E-state index contributed by atoms with van der Waals surface area (Å²) in [6.07, 6.45) is 1.59. The monoisotopic (exact) mass is 400 g/mol. The number of esters is 1. The first-order valence-electron chi connectivity index (χ1n) is 7.38. The maximum absolute atomic E-state index is 12.3. The van der Waals surface area contributed by atoms with Gasteiger partial charge in [0.2, 0.25) is 10.0 Å². The normalized spacial score (nSPS) is 12.5. The SMILES string of the molecule is CNS(=O)(=O)c1cc(C(=O)OC(C)C(=O)Nc2cccnc2Cl)n(C)c1. The van der Waals surface area contributed by atoms with Crippen LogP contribution in [0, 0.1) is 0 Å². The molecule has 11 heteroatoms. The molecule has 0 spiro atoms. The highest BCUT2D eigenvalue weighted by Gasteiger charge is 2.24. The molecule has 2 aromatic heterocycles. The van der Waals surface area contributed by atoms with Crippen molar-refractivity contribution in [2.24, 2.45) is 7.05 Å². The minimum Gasteiger partial charge on any atom is -0.448 e. The van der Waals surface area contributed by atoms with Crippen LogP contribution >= 0.6 is 11.6 Å². The summed E-state index contributed by atoms with van der Waals surface area (Å²) in [5.74, 6) is -1.45. The third-order valence-corrected chi connectivity index (χ3v) is 5.12. The van der Waals surface area contributed by atoms with Crippen molar-refractivity contribution in [2.75, 3.05) is 12.4 Å². The quantitative estimate of drug-likeness (QED) is 0.554. The van der Waals surface area contributed by atoms with Crippen LogP contribution in [0.3, 0.4) is 0 Å². The van der Waals surface area contributed by atoms with E-state index >= 15 is 0 Å². The number of carbonyl (C=O) groups is 2. The van der Waals surface area contributed by atoms with Crippen LogP contribution in [0.1, 0.15) is 17.4 Å². The predicted octanol–water partition coefficient (Wildman–Crippen LogP) is 1.17. The summed E-state index contributed by atoms with van der Waals surface area (Å²) in [6, 6.07) is 4.30. The standard InChI is InChI=1S/C15H17ClN4O5S/c1-9(14(21)19-11-5-4-6-18-13(11)16)25-15(22)12-7-10(8-20(12)3)26(23,24)17-2/h4-9,17H,1-3H3,(H,19,21). The molecule has 0 bridgehead atoms. The number of aromatic nitrogens is 2. The van der Waals surface area contributed by atoms with Gasteiger partial charge in [-0.3, -0.25) is 4.79 Å². The average molecular weight is 401 g/mol. The first-order chi connectivity index (χ1) is 12.2. The van der Waals surface area contributed by atoms with Gasteiger partial charge in [0.15, 0.2) is 11.3 Å². The Morgan fingerprint density at radius 1 is 1.38 bits per heavy atom. The first-order valence-corrected chi connectivity index (χ1v) is 9.24. The molecule has 0 saturated carbocycles. The van der Waals surface area contributed by atoms with Crippen molar-refractivity contribution < 1.29 is 22.7 Å². The lowest BCUT2D eigenvalue weighted by molar-refractivity contribution is -0.123. The number of rotatable bonds is 6. The number of ether oxygens (including phenoxy) is 1. The third-order valence-electron chi connectivity index (χ3n) is 3.44. The van der Waals surface area contributed by atoms with E-state index in [0.717, 1.165) is 6.07 Å². The van der Waals surface area contributed by atoms with Crippen molar-refractivity contribution in [3.8, 4) is 0 Å². The van der Waals surface area contributed by atoms with E-state index in [1.54, 1.807) is 12.1 Å². The second-order valence-electron chi connectivity index (χ2n) is 5.26. The van der Waals surface area contributed by atoms with Gasteiger partial charge in [0, 0.05) is 19.4 Å². The Morgan fingerprint density at radius 2 is 2.08 bits per heavy atom. The highest BCUT2D eigenvalue weighted by atomic mass is 35.5. The van der Waals surface area contributed by atoms with E-state index in [-0.39, 0.29) is 21.4 Å². The van der Waals surface area contributed by atoms with E-state index in [4.69, 9.17) is 16.3 Å². The Morgan fingerprint density at radius 3 is 2.69 bits per heavy atom. The lowest BCUT2D eigenvalue weighted by Crippen LogP contribution is -2.30. The van der Waals surface area contributed by atoms with E-state index < -0.39 is 28.0 Å². The van der Waals surface area contributed by atoms with E-state index in [2.05, 4.69) is 15.0 Å². The minimum atomic E-state index is -3.70. The largest absolute Gasteiger partial charge is 0.448 e. The van der Waals surface area contributed by atoms with Gasteiger partial charge in [-0.2, -0.15) is 0 Å². The van der Waals surface area contributed by atoms with Crippen molar-refractivity contribution in [1.29, 1.82) is 0 Å². The van der Waals surface area contributed by atoms with E-state index in [1.165, 1.54) is 38.0 Å². The number of aryl methyl sites for hydroxylation is 1. The summed E-state index contributed by atoms with van der Waals surface area (Å²) in [4.78, 5) is 28.1. The number of nitrogens with zero attached hydrogens (tertiary/aromatic N) is 2. The number of nitrogens with one attached hydrogen (secondary N) is 2. The van der Waals surface area contributed by atoms with Gasteiger partial charge in [0.25, 0.3) is 5.91 Å². The molecule has 140 valence electrons. The molecule has 0 aliphatic rings. The van der Waals surface area contributed by atoms with Crippen LogP contribution in [-0.4, -0.2) is 43.0 Å².